The van der Waals surface area contributed by atoms with Crippen molar-refractivity contribution in [1.29, 1.82) is 0 Å². The molecule has 40 heavy (non-hydrogen) atoms. The van der Waals surface area contributed by atoms with E-state index in [0.29, 0.717) is 27.9 Å². The standard InChI is InChI=1S/C32H37N3O3S2/c1-7-32(4,5)21-14-15-22-26(17-21)40-29-28(22)30(37)35(24-10-8-9-11-25(24)38-6)31(34-29)39-18-27(36)33-23-16-19(2)12-13-20(23)3/h8-13,16,21H,7,14-15,17-18H2,1-6H3,(H,33,36)/t21-/m1/s1. The number of aromatic nitrogens is 2. The van der Waals surface area contributed by atoms with Crippen molar-refractivity contribution in [2.24, 2.45) is 11.3 Å². The molecule has 0 unspecified atom stereocenters. The summed E-state index contributed by atoms with van der Waals surface area (Å²) in [6.07, 6.45) is 4.06. The lowest BCUT2D eigenvalue weighted by atomic mass is 9.70. The lowest BCUT2D eigenvalue weighted by Gasteiger charge is -2.36. The summed E-state index contributed by atoms with van der Waals surface area (Å²) >= 11 is 2.92. The maximum atomic E-state index is 14.3. The van der Waals surface area contributed by atoms with Gasteiger partial charge in [-0.1, -0.05) is 63.2 Å². The number of ether oxygens (including phenoxy) is 1. The summed E-state index contributed by atoms with van der Waals surface area (Å²) in [6, 6.07) is 13.5. The Morgan fingerprint density at radius 3 is 2.75 bits per heavy atom. The minimum Gasteiger partial charge on any atom is -0.495 e. The molecule has 1 amide bonds. The Balaban J connectivity index is 1.55. The Labute approximate surface area is 244 Å². The Kier molecular flexibility index (Phi) is 8.11. The second-order valence-corrected chi connectivity index (χ2v) is 13.4. The molecule has 1 aliphatic rings. The van der Waals surface area contributed by atoms with E-state index in [4.69, 9.17) is 9.72 Å². The Hall–Kier alpha value is -3.10. The Bertz CT molecular complexity index is 1640. The third-order valence-corrected chi connectivity index (χ3v) is 10.5. The number of carbonyl (C=O) groups is 1. The van der Waals surface area contributed by atoms with Gasteiger partial charge in [-0.05, 0) is 79.3 Å². The molecule has 5 rings (SSSR count). The average Bonchev–Trinajstić information content (AvgIpc) is 3.32. The molecule has 0 spiro atoms. The first-order chi connectivity index (χ1) is 19.1. The fourth-order valence-corrected chi connectivity index (χ4v) is 7.62. The topological polar surface area (TPSA) is 73.2 Å². The van der Waals surface area contributed by atoms with E-state index in [1.54, 1.807) is 23.0 Å². The van der Waals surface area contributed by atoms with Crippen molar-refractivity contribution < 1.29 is 9.53 Å². The third kappa shape index (κ3) is 5.44. The number of aryl methyl sites for hydroxylation is 3. The monoisotopic (exact) mass is 575 g/mol. The highest BCUT2D eigenvalue weighted by Gasteiger charge is 2.34. The molecule has 0 saturated carbocycles. The Morgan fingerprint density at radius 1 is 1.23 bits per heavy atom. The van der Waals surface area contributed by atoms with Gasteiger partial charge in [-0.15, -0.1) is 11.3 Å². The molecule has 8 heteroatoms. The zero-order valence-corrected chi connectivity index (χ0v) is 25.7. The quantitative estimate of drug-likeness (QED) is 0.176. The van der Waals surface area contributed by atoms with Crippen molar-refractivity contribution in [2.45, 2.75) is 65.5 Å². The molecule has 1 N–H and O–H groups in total. The van der Waals surface area contributed by atoms with Gasteiger partial charge in [0.05, 0.1) is 23.9 Å². The fourth-order valence-electron chi connectivity index (χ4n) is 5.47. The second kappa shape index (κ2) is 11.4. The molecule has 0 bridgehead atoms. The number of methoxy groups -OCH3 is 1. The SMILES string of the molecule is CCC(C)(C)[C@@H]1CCc2c(sc3nc(SCC(=O)Nc4cc(C)ccc4C)n(-c4ccccc4OC)c(=O)c23)C1. The zero-order chi connectivity index (χ0) is 28.6. The number of thiophene rings is 1. The predicted molar refractivity (Wildman–Crippen MR) is 167 cm³/mol. The number of fused-ring (bicyclic) bond motifs is 3. The van der Waals surface area contributed by atoms with Crippen LogP contribution in [0, 0.1) is 25.2 Å². The maximum absolute atomic E-state index is 14.3. The van der Waals surface area contributed by atoms with Gasteiger partial charge >= 0.3 is 0 Å². The highest BCUT2D eigenvalue weighted by atomic mass is 32.2. The van der Waals surface area contributed by atoms with Crippen LogP contribution in [0.3, 0.4) is 0 Å². The summed E-state index contributed by atoms with van der Waals surface area (Å²) in [7, 11) is 1.60. The van der Waals surface area contributed by atoms with Crippen molar-refractivity contribution in [1.82, 2.24) is 9.55 Å². The number of thioether (sulfide) groups is 1. The molecular formula is C32H37N3O3S2. The highest BCUT2D eigenvalue weighted by Crippen LogP contribution is 2.44. The number of benzene rings is 2. The number of nitrogens with zero attached hydrogens (tertiary/aromatic N) is 2. The van der Waals surface area contributed by atoms with E-state index in [1.807, 2.05) is 56.3 Å². The van der Waals surface area contributed by atoms with E-state index < -0.39 is 0 Å². The van der Waals surface area contributed by atoms with Gasteiger partial charge in [-0.3, -0.25) is 14.2 Å². The molecule has 0 saturated heterocycles. The molecule has 6 nitrogen and oxygen atoms in total. The molecule has 1 aliphatic carbocycles. The Morgan fingerprint density at radius 2 is 2.00 bits per heavy atom. The normalized spacial score (nSPS) is 15.2. The fraction of sp³-hybridized carbons (Fsp3) is 0.406. The molecule has 2 heterocycles. The second-order valence-electron chi connectivity index (χ2n) is 11.3. The number of para-hydroxylation sites is 2. The summed E-state index contributed by atoms with van der Waals surface area (Å²) in [5.41, 5.74) is 4.81. The van der Waals surface area contributed by atoms with Gasteiger partial charge in [0.2, 0.25) is 5.91 Å². The minimum atomic E-state index is -0.144. The molecule has 0 aliphatic heterocycles. The van der Waals surface area contributed by atoms with Crippen LogP contribution >= 0.6 is 23.1 Å². The summed E-state index contributed by atoms with van der Waals surface area (Å²) in [4.78, 5) is 34.3. The minimum absolute atomic E-state index is 0.0994. The van der Waals surface area contributed by atoms with Crippen molar-refractivity contribution in [3.63, 3.8) is 0 Å². The smallest absolute Gasteiger partial charge is 0.267 e. The zero-order valence-electron chi connectivity index (χ0n) is 24.1. The van der Waals surface area contributed by atoms with Crippen LogP contribution in [0.2, 0.25) is 0 Å². The van der Waals surface area contributed by atoms with Crippen molar-refractivity contribution in [3.05, 3.63) is 74.4 Å². The maximum Gasteiger partial charge on any atom is 0.267 e. The van der Waals surface area contributed by atoms with Crippen LogP contribution in [-0.2, 0) is 17.6 Å². The molecular weight excluding hydrogens is 539 g/mol. The number of nitrogens with one attached hydrogen (secondary N) is 1. The van der Waals surface area contributed by atoms with Gasteiger partial charge in [-0.2, -0.15) is 0 Å². The lowest BCUT2D eigenvalue weighted by molar-refractivity contribution is -0.113. The lowest BCUT2D eigenvalue weighted by Crippen LogP contribution is -2.29. The van der Waals surface area contributed by atoms with Crippen LogP contribution in [0.4, 0.5) is 5.69 Å². The van der Waals surface area contributed by atoms with Gasteiger partial charge in [0.1, 0.15) is 10.6 Å². The average molecular weight is 576 g/mol. The van der Waals surface area contributed by atoms with E-state index >= 15 is 0 Å². The van der Waals surface area contributed by atoms with E-state index in [2.05, 4.69) is 26.1 Å². The van der Waals surface area contributed by atoms with Crippen LogP contribution in [0.5, 0.6) is 5.75 Å². The van der Waals surface area contributed by atoms with Gasteiger partial charge in [0.15, 0.2) is 5.16 Å². The van der Waals surface area contributed by atoms with Crippen LogP contribution in [-0.4, -0.2) is 28.3 Å². The number of anilines is 1. The summed E-state index contributed by atoms with van der Waals surface area (Å²) in [5.74, 6) is 1.14. The number of rotatable bonds is 8. The molecule has 2 aromatic carbocycles. The van der Waals surface area contributed by atoms with Crippen molar-refractivity contribution in [3.8, 4) is 11.4 Å². The van der Waals surface area contributed by atoms with E-state index in [0.717, 1.165) is 52.9 Å². The highest BCUT2D eigenvalue weighted by molar-refractivity contribution is 7.99. The van der Waals surface area contributed by atoms with E-state index in [9.17, 15) is 9.59 Å². The molecule has 1 atom stereocenters. The first-order valence-electron chi connectivity index (χ1n) is 13.8. The first kappa shape index (κ1) is 28.4. The molecule has 210 valence electrons. The largest absolute Gasteiger partial charge is 0.495 e. The van der Waals surface area contributed by atoms with Crippen LogP contribution in [0.1, 0.15) is 55.2 Å². The number of amides is 1. The van der Waals surface area contributed by atoms with Gasteiger partial charge in [0, 0.05) is 10.6 Å². The van der Waals surface area contributed by atoms with E-state index in [-0.39, 0.29) is 22.6 Å². The van der Waals surface area contributed by atoms with Gasteiger partial charge in [0.25, 0.3) is 5.56 Å². The summed E-state index contributed by atoms with van der Waals surface area (Å²) < 4.78 is 7.27. The molecule has 0 radical (unpaired) electrons. The molecule has 0 fully saturated rings. The van der Waals surface area contributed by atoms with Crippen molar-refractivity contribution in [2.75, 3.05) is 18.2 Å². The molecule has 4 aromatic rings. The number of carbonyl (C=O) groups excluding carboxylic acids is 1. The first-order valence-corrected chi connectivity index (χ1v) is 15.6. The predicted octanol–water partition coefficient (Wildman–Crippen LogP) is 7.34. The van der Waals surface area contributed by atoms with Crippen LogP contribution in [0.25, 0.3) is 15.9 Å². The number of hydrogen-bond acceptors (Lipinski definition) is 6. The van der Waals surface area contributed by atoms with Gasteiger partial charge < -0.3 is 10.1 Å². The van der Waals surface area contributed by atoms with E-state index in [1.165, 1.54) is 16.6 Å². The van der Waals surface area contributed by atoms with Crippen molar-refractivity contribution >= 4 is 44.9 Å². The number of hydrogen-bond donors (Lipinski definition) is 1. The summed E-state index contributed by atoms with van der Waals surface area (Å²) in [6.45, 7) is 10.9. The third-order valence-electron chi connectivity index (χ3n) is 8.39. The molecule has 2 aromatic heterocycles. The van der Waals surface area contributed by atoms with Gasteiger partial charge in [-0.25, -0.2) is 4.98 Å². The van der Waals surface area contributed by atoms with Crippen LogP contribution < -0.4 is 15.6 Å². The van der Waals surface area contributed by atoms with Crippen LogP contribution in [0.15, 0.2) is 52.4 Å². The summed E-state index contributed by atoms with van der Waals surface area (Å²) in [5, 5.41) is 4.22.